The lowest BCUT2D eigenvalue weighted by molar-refractivity contribution is -0.143. The molecule has 1 saturated heterocycles. The first kappa shape index (κ1) is 33.9. The molecule has 252 valence electrons. The van der Waals surface area contributed by atoms with E-state index in [1.54, 1.807) is 0 Å². The summed E-state index contributed by atoms with van der Waals surface area (Å²) in [4.78, 5) is 60.5. The number of carbonyl (C=O) groups is 4. The molecule has 6 N–H and O–H groups in total. The van der Waals surface area contributed by atoms with E-state index < -0.39 is 41.6 Å². The predicted octanol–water partition coefficient (Wildman–Crippen LogP) is 2.26. The van der Waals surface area contributed by atoms with E-state index in [0.717, 1.165) is 17.1 Å². The number of aromatic nitrogens is 5. The van der Waals surface area contributed by atoms with Crippen molar-refractivity contribution in [1.29, 1.82) is 0 Å². The first-order chi connectivity index (χ1) is 22.6. The van der Waals surface area contributed by atoms with Crippen molar-refractivity contribution in [2.45, 2.75) is 18.6 Å². The summed E-state index contributed by atoms with van der Waals surface area (Å²) in [7, 11) is 1.37. The Morgan fingerprint density at radius 2 is 1.73 bits per heavy atom. The van der Waals surface area contributed by atoms with Crippen LogP contribution >= 0.6 is 11.6 Å². The fourth-order valence-corrected chi connectivity index (χ4v) is 5.24. The van der Waals surface area contributed by atoms with Gasteiger partial charge < -0.3 is 36.3 Å². The van der Waals surface area contributed by atoms with Gasteiger partial charge in [-0.1, -0.05) is 11.6 Å². The maximum absolute atomic E-state index is 14.0. The van der Waals surface area contributed by atoms with E-state index in [1.165, 1.54) is 57.9 Å². The molecule has 4 aromatic rings. The summed E-state index contributed by atoms with van der Waals surface area (Å²) in [6.45, 7) is 0.707. The topological polar surface area (TPSA) is 208 Å². The lowest BCUT2D eigenvalue weighted by atomic mass is 10.1. The summed E-state index contributed by atoms with van der Waals surface area (Å²) in [5.74, 6) is -3.02. The average Bonchev–Trinajstić information content (AvgIpc) is 3.65. The van der Waals surface area contributed by atoms with Gasteiger partial charge in [0.15, 0.2) is 17.3 Å². The monoisotopic (exact) mass is 688 g/mol. The highest BCUT2D eigenvalue weighted by molar-refractivity contribution is 6.34. The quantitative estimate of drug-likeness (QED) is 0.212. The molecule has 5 rings (SSSR count). The number of hydrogen-bond donors (Lipinski definition) is 4. The number of amides is 3. The molecule has 1 atom stereocenters. The molecule has 1 fully saturated rings. The van der Waals surface area contributed by atoms with Crippen LogP contribution in [-0.2, 0) is 22.8 Å². The normalized spacial score (nSPS) is 14.1. The van der Waals surface area contributed by atoms with Crippen LogP contribution in [0.15, 0.2) is 48.9 Å². The molecule has 4 heterocycles. The second kappa shape index (κ2) is 13.3. The van der Waals surface area contributed by atoms with Gasteiger partial charge in [-0.2, -0.15) is 18.3 Å². The minimum atomic E-state index is -4.84. The molecule has 19 heteroatoms. The van der Waals surface area contributed by atoms with Gasteiger partial charge >= 0.3 is 12.1 Å². The number of carboxylic acids is 1. The molecular weight excluding hydrogens is 661 g/mol. The summed E-state index contributed by atoms with van der Waals surface area (Å²) >= 11 is 6.39. The van der Waals surface area contributed by atoms with Crippen LogP contribution in [0.4, 0.5) is 24.5 Å². The van der Waals surface area contributed by atoms with Crippen LogP contribution < -0.4 is 16.8 Å². The predicted molar refractivity (Wildman–Crippen MR) is 165 cm³/mol. The zero-order chi connectivity index (χ0) is 34.9. The van der Waals surface area contributed by atoms with Crippen LogP contribution in [0.25, 0.3) is 17.1 Å². The van der Waals surface area contributed by atoms with Crippen molar-refractivity contribution >= 4 is 46.7 Å². The van der Waals surface area contributed by atoms with Gasteiger partial charge in [0.05, 0.1) is 46.3 Å². The molecule has 0 unspecified atom stereocenters. The fourth-order valence-electron chi connectivity index (χ4n) is 4.98. The molecule has 1 aliphatic rings. The number of benzene rings is 1. The smallest absolute Gasteiger partial charge is 0.435 e. The summed E-state index contributed by atoms with van der Waals surface area (Å²) < 4.78 is 44.0. The minimum Gasteiger partial charge on any atom is -0.480 e. The second-order valence-electron chi connectivity index (χ2n) is 10.8. The number of nitrogens with one attached hydrogen (secondary N) is 1. The summed E-state index contributed by atoms with van der Waals surface area (Å²) in [6.07, 6.45) is -1.67. The van der Waals surface area contributed by atoms with Crippen molar-refractivity contribution in [3.8, 4) is 17.1 Å². The Bertz CT molecular complexity index is 1880. The Morgan fingerprint density at radius 1 is 1.04 bits per heavy atom. The van der Waals surface area contributed by atoms with Crippen LogP contribution in [0.1, 0.15) is 33.1 Å². The van der Waals surface area contributed by atoms with Gasteiger partial charge in [-0.15, -0.1) is 0 Å². The zero-order valence-electron chi connectivity index (χ0n) is 25.1. The number of nitrogens with two attached hydrogens (primary N) is 2. The van der Waals surface area contributed by atoms with E-state index in [1.807, 2.05) is 0 Å². The van der Waals surface area contributed by atoms with Crippen LogP contribution in [0.3, 0.4) is 0 Å². The number of rotatable bonds is 8. The summed E-state index contributed by atoms with van der Waals surface area (Å²) in [5.41, 5.74) is 10.1. The highest BCUT2D eigenvalue weighted by Gasteiger charge is 2.39. The number of carbonyl (C=O) groups excluding carboxylic acids is 3. The van der Waals surface area contributed by atoms with Crippen molar-refractivity contribution in [2.24, 2.45) is 12.8 Å². The van der Waals surface area contributed by atoms with Gasteiger partial charge in [-0.3, -0.25) is 19.2 Å². The third-order valence-electron chi connectivity index (χ3n) is 7.54. The Kier molecular flexibility index (Phi) is 9.40. The Labute approximate surface area is 274 Å². The van der Waals surface area contributed by atoms with Crippen molar-refractivity contribution < 1.29 is 37.5 Å². The van der Waals surface area contributed by atoms with Gasteiger partial charge in [0.1, 0.15) is 6.04 Å². The Hall–Kier alpha value is -5.49. The Balaban J connectivity index is 1.27. The first-order valence-corrected chi connectivity index (χ1v) is 14.6. The molecule has 1 aromatic carbocycles. The van der Waals surface area contributed by atoms with Gasteiger partial charge in [-0.25, -0.2) is 14.6 Å². The number of alkyl halides is 3. The van der Waals surface area contributed by atoms with Crippen molar-refractivity contribution in [2.75, 3.05) is 37.2 Å². The van der Waals surface area contributed by atoms with E-state index in [4.69, 9.17) is 28.2 Å². The molecule has 0 bridgehead atoms. The molecule has 3 amide bonds. The van der Waals surface area contributed by atoms with Gasteiger partial charge in [0.25, 0.3) is 11.8 Å². The SMILES string of the molecule is Cn1c(-c2cn(-c3ccc(N)cn3)nc2C(F)(F)F)cnc1C(=O)Nc1ccc(C(=O)N2CCN(C(=O)C[C@H](N)C(=O)O)CC2)c(Cl)c1. The van der Waals surface area contributed by atoms with Crippen molar-refractivity contribution in [3.63, 3.8) is 0 Å². The number of anilines is 2. The van der Waals surface area contributed by atoms with Gasteiger partial charge in [-0.05, 0) is 30.3 Å². The van der Waals surface area contributed by atoms with E-state index >= 15 is 0 Å². The number of piperazine rings is 1. The molecule has 1 aliphatic heterocycles. The number of halogens is 4. The number of aliphatic carboxylic acids is 1. The molecule has 0 aliphatic carbocycles. The van der Waals surface area contributed by atoms with Crippen LogP contribution in [0, 0.1) is 0 Å². The number of pyridine rings is 1. The average molecular weight is 689 g/mol. The third-order valence-corrected chi connectivity index (χ3v) is 7.86. The van der Waals surface area contributed by atoms with E-state index in [0.29, 0.717) is 5.69 Å². The molecule has 0 radical (unpaired) electrons. The Morgan fingerprint density at radius 3 is 2.33 bits per heavy atom. The fraction of sp³-hybridized carbons (Fsp3) is 0.276. The van der Waals surface area contributed by atoms with E-state index in [2.05, 4.69) is 20.4 Å². The second-order valence-corrected chi connectivity index (χ2v) is 11.2. The standard InChI is InChI=1S/C29H28ClF3N10O5/c1-40-21(18-14-43(39-24(18)29(31,32)33)22-5-2-15(34)12-36-22)13-37-25(40)26(45)38-16-3-4-17(19(30)10-16)27(46)42-8-6-41(7-9-42)23(44)11-20(35)28(47)48/h2-5,10,12-14,20H,6-9,11,34-35H2,1H3,(H,38,45)(H,47,48)/t20-/m0/s1. The van der Waals surface area contributed by atoms with Crippen LogP contribution in [-0.4, -0.2) is 95.1 Å². The molecule has 0 spiro atoms. The molecular formula is C29H28ClF3N10O5. The van der Waals surface area contributed by atoms with Gasteiger partial charge in [0, 0.05) is 45.1 Å². The molecule has 0 saturated carbocycles. The third kappa shape index (κ3) is 7.08. The molecule has 48 heavy (non-hydrogen) atoms. The summed E-state index contributed by atoms with van der Waals surface area (Å²) in [6, 6.07) is 5.73. The molecule has 15 nitrogen and oxygen atoms in total. The highest BCUT2D eigenvalue weighted by Crippen LogP contribution is 2.37. The van der Waals surface area contributed by atoms with Gasteiger partial charge in [0.2, 0.25) is 5.91 Å². The first-order valence-electron chi connectivity index (χ1n) is 14.2. The van der Waals surface area contributed by atoms with Crippen LogP contribution in [0.2, 0.25) is 5.02 Å². The number of imidazole rings is 1. The van der Waals surface area contributed by atoms with Crippen molar-refractivity contribution in [1.82, 2.24) is 34.1 Å². The lowest BCUT2D eigenvalue weighted by Gasteiger charge is -2.35. The summed E-state index contributed by atoms with van der Waals surface area (Å²) in [5, 5.41) is 15.2. The number of carboxylic acid groups (broad SMARTS) is 1. The highest BCUT2D eigenvalue weighted by atomic mass is 35.5. The minimum absolute atomic E-state index is 0.0165. The largest absolute Gasteiger partial charge is 0.480 e. The van der Waals surface area contributed by atoms with E-state index in [9.17, 15) is 32.3 Å². The number of nitrogens with zero attached hydrogens (tertiary/aromatic N) is 7. The van der Waals surface area contributed by atoms with Crippen molar-refractivity contribution in [3.05, 3.63) is 71.0 Å². The van der Waals surface area contributed by atoms with E-state index in [-0.39, 0.29) is 71.8 Å². The number of hydrogen-bond acceptors (Lipinski definition) is 9. The zero-order valence-corrected chi connectivity index (χ0v) is 25.9. The van der Waals surface area contributed by atoms with Crippen LogP contribution in [0.5, 0.6) is 0 Å². The lowest BCUT2D eigenvalue weighted by Crippen LogP contribution is -2.51. The maximum atomic E-state index is 14.0. The maximum Gasteiger partial charge on any atom is 0.435 e. The number of nitrogen functional groups attached to an aromatic ring is 1. The molecule has 3 aromatic heterocycles.